The third-order valence-electron chi connectivity index (χ3n) is 3.24. The second-order valence-corrected chi connectivity index (χ2v) is 4.27. The highest BCUT2D eigenvalue weighted by molar-refractivity contribution is 5.85. The molecule has 0 unspecified atom stereocenters. The molecule has 1 fully saturated rings. The van der Waals surface area contributed by atoms with Crippen molar-refractivity contribution in [3.8, 4) is 0 Å². The van der Waals surface area contributed by atoms with E-state index in [2.05, 4.69) is 24.4 Å². The Bertz CT molecular complexity index is 395. The van der Waals surface area contributed by atoms with Crippen LogP contribution in [0.1, 0.15) is 23.5 Å². The number of hydrogen-bond donors (Lipinski definition) is 1. The molecular formula is C13H18ClNO2. The van der Waals surface area contributed by atoms with Crippen LogP contribution in [0, 0.1) is 6.92 Å². The summed E-state index contributed by atoms with van der Waals surface area (Å²) in [6.45, 7) is 2.96. The van der Waals surface area contributed by atoms with Crippen molar-refractivity contribution < 1.29 is 9.53 Å². The number of methoxy groups -OCH3 is 1. The molecular weight excluding hydrogens is 238 g/mol. The lowest BCUT2D eigenvalue weighted by Crippen LogP contribution is -2.31. The normalized spacial score (nSPS) is 22.9. The molecule has 2 atom stereocenters. The number of carbonyl (C=O) groups excluding carboxylic acids is 1. The Morgan fingerprint density at radius 3 is 2.76 bits per heavy atom. The van der Waals surface area contributed by atoms with Crippen molar-refractivity contribution in [2.75, 3.05) is 13.7 Å². The Hall–Kier alpha value is -1.06. The van der Waals surface area contributed by atoms with Crippen molar-refractivity contribution in [1.29, 1.82) is 0 Å². The quantitative estimate of drug-likeness (QED) is 0.822. The van der Waals surface area contributed by atoms with Crippen molar-refractivity contribution >= 4 is 18.4 Å². The van der Waals surface area contributed by atoms with Crippen LogP contribution < -0.4 is 5.32 Å². The molecule has 4 heteroatoms. The largest absolute Gasteiger partial charge is 0.468 e. The number of aryl methyl sites for hydroxylation is 1. The molecule has 0 aromatic heterocycles. The minimum atomic E-state index is -0.156. The van der Waals surface area contributed by atoms with Gasteiger partial charge in [-0.05, 0) is 30.4 Å². The minimum absolute atomic E-state index is 0. The minimum Gasteiger partial charge on any atom is -0.468 e. The first-order chi connectivity index (χ1) is 7.72. The predicted octanol–water partition coefficient (Wildman–Crippen LogP) is 2.04. The van der Waals surface area contributed by atoms with E-state index in [1.807, 2.05) is 12.1 Å². The molecule has 1 aliphatic rings. The molecule has 1 aromatic rings. The highest BCUT2D eigenvalue weighted by atomic mass is 35.5. The third-order valence-corrected chi connectivity index (χ3v) is 3.24. The van der Waals surface area contributed by atoms with Crippen LogP contribution in [0.4, 0.5) is 0 Å². The number of halogens is 1. The SMILES string of the molecule is COC(=O)[C@@H]1C[C@@H](c2ccccc2C)CN1.Cl. The number of rotatable bonds is 2. The molecule has 2 rings (SSSR count). The Labute approximate surface area is 108 Å². The van der Waals surface area contributed by atoms with Gasteiger partial charge in [-0.25, -0.2) is 0 Å². The Morgan fingerprint density at radius 2 is 2.12 bits per heavy atom. The molecule has 0 amide bonds. The van der Waals surface area contributed by atoms with Crippen LogP contribution in [0.15, 0.2) is 24.3 Å². The summed E-state index contributed by atoms with van der Waals surface area (Å²) in [7, 11) is 1.44. The van der Waals surface area contributed by atoms with E-state index in [4.69, 9.17) is 4.74 Å². The maximum Gasteiger partial charge on any atom is 0.322 e. The number of carbonyl (C=O) groups is 1. The first-order valence-corrected chi connectivity index (χ1v) is 5.59. The lowest BCUT2D eigenvalue weighted by atomic mass is 9.93. The van der Waals surface area contributed by atoms with Crippen LogP contribution in [-0.4, -0.2) is 25.7 Å². The topological polar surface area (TPSA) is 38.3 Å². The van der Waals surface area contributed by atoms with Crippen molar-refractivity contribution in [2.24, 2.45) is 0 Å². The van der Waals surface area contributed by atoms with Crippen molar-refractivity contribution in [3.63, 3.8) is 0 Å². The fourth-order valence-corrected chi connectivity index (χ4v) is 2.34. The summed E-state index contributed by atoms with van der Waals surface area (Å²) in [4.78, 5) is 11.4. The zero-order chi connectivity index (χ0) is 11.5. The van der Waals surface area contributed by atoms with E-state index in [1.165, 1.54) is 18.2 Å². The number of ether oxygens (including phenoxy) is 1. The summed E-state index contributed by atoms with van der Waals surface area (Å²) in [5.74, 6) is 0.265. The van der Waals surface area contributed by atoms with Gasteiger partial charge in [0.1, 0.15) is 6.04 Å². The summed E-state index contributed by atoms with van der Waals surface area (Å²) < 4.78 is 4.75. The lowest BCUT2D eigenvalue weighted by Gasteiger charge is -2.12. The van der Waals surface area contributed by atoms with E-state index < -0.39 is 0 Å². The monoisotopic (exact) mass is 255 g/mol. The zero-order valence-electron chi connectivity index (χ0n) is 10.1. The van der Waals surface area contributed by atoms with Gasteiger partial charge in [0.05, 0.1) is 7.11 Å². The molecule has 0 aliphatic carbocycles. The van der Waals surface area contributed by atoms with Gasteiger partial charge in [-0.2, -0.15) is 0 Å². The smallest absolute Gasteiger partial charge is 0.322 e. The van der Waals surface area contributed by atoms with Crippen molar-refractivity contribution in [1.82, 2.24) is 5.32 Å². The van der Waals surface area contributed by atoms with Gasteiger partial charge in [0.2, 0.25) is 0 Å². The summed E-state index contributed by atoms with van der Waals surface area (Å²) >= 11 is 0. The standard InChI is InChI=1S/C13H17NO2.ClH/c1-9-5-3-4-6-11(9)10-7-12(14-8-10)13(15)16-2;/h3-6,10,12,14H,7-8H2,1-2H3;1H/t10-,12+;/m1./s1. The van der Waals surface area contributed by atoms with Crippen molar-refractivity contribution in [2.45, 2.75) is 25.3 Å². The summed E-state index contributed by atoms with van der Waals surface area (Å²) in [5.41, 5.74) is 2.63. The van der Waals surface area contributed by atoms with E-state index in [0.717, 1.165) is 13.0 Å². The van der Waals surface area contributed by atoms with Gasteiger partial charge in [-0.3, -0.25) is 4.79 Å². The molecule has 0 radical (unpaired) electrons. The summed E-state index contributed by atoms with van der Waals surface area (Å²) in [6, 6.07) is 8.20. The molecule has 1 aromatic carbocycles. The van der Waals surface area contributed by atoms with Crippen LogP contribution >= 0.6 is 12.4 Å². The number of benzene rings is 1. The van der Waals surface area contributed by atoms with Gasteiger partial charge in [-0.15, -0.1) is 12.4 Å². The fourth-order valence-electron chi connectivity index (χ4n) is 2.34. The second-order valence-electron chi connectivity index (χ2n) is 4.27. The molecule has 17 heavy (non-hydrogen) atoms. The van der Waals surface area contributed by atoms with Gasteiger partial charge in [0.15, 0.2) is 0 Å². The van der Waals surface area contributed by atoms with E-state index in [-0.39, 0.29) is 24.4 Å². The Balaban J connectivity index is 0.00000144. The molecule has 0 spiro atoms. The Kier molecular flexibility index (Phi) is 4.97. The molecule has 1 aliphatic heterocycles. The van der Waals surface area contributed by atoms with Gasteiger partial charge < -0.3 is 10.1 Å². The number of hydrogen-bond acceptors (Lipinski definition) is 3. The average molecular weight is 256 g/mol. The van der Waals surface area contributed by atoms with Crippen LogP contribution in [-0.2, 0) is 9.53 Å². The zero-order valence-corrected chi connectivity index (χ0v) is 10.9. The average Bonchev–Trinajstić information content (AvgIpc) is 2.78. The van der Waals surface area contributed by atoms with Gasteiger partial charge >= 0.3 is 5.97 Å². The first kappa shape index (κ1) is 14.0. The number of nitrogens with one attached hydrogen (secondary N) is 1. The maximum absolute atomic E-state index is 11.4. The molecule has 3 nitrogen and oxygen atoms in total. The predicted molar refractivity (Wildman–Crippen MR) is 69.6 cm³/mol. The van der Waals surface area contributed by atoms with E-state index in [9.17, 15) is 4.79 Å². The van der Waals surface area contributed by atoms with Gasteiger partial charge in [-0.1, -0.05) is 24.3 Å². The highest BCUT2D eigenvalue weighted by Gasteiger charge is 2.31. The van der Waals surface area contributed by atoms with Crippen LogP contribution in [0.25, 0.3) is 0 Å². The highest BCUT2D eigenvalue weighted by Crippen LogP contribution is 2.28. The molecule has 1 saturated heterocycles. The molecule has 94 valence electrons. The van der Waals surface area contributed by atoms with E-state index in [0.29, 0.717) is 5.92 Å². The van der Waals surface area contributed by atoms with E-state index in [1.54, 1.807) is 0 Å². The lowest BCUT2D eigenvalue weighted by molar-refractivity contribution is -0.142. The molecule has 0 saturated carbocycles. The van der Waals surface area contributed by atoms with E-state index >= 15 is 0 Å². The van der Waals surface area contributed by atoms with Crippen molar-refractivity contribution in [3.05, 3.63) is 35.4 Å². The fraction of sp³-hybridized carbons (Fsp3) is 0.462. The number of esters is 1. The van der Waals surface area contributed by atoms with Gasteiger partial charge in [0, 0.05) is 6.54 Å². The first-order valence-electron chi connectivity index (χ1n) is 5.59. The summed E-state index contributed by atoms with van der Waals surface area (Å²) in [6.07, 6.45) is 0.831. The molecule has 0 bridgehead atoms. The maximum atomic E-state index is 11.4. The third kappa shape index (κ3) is 2.99. The summed E-state index contributed by atoms with van der Waals surface area (Å²) in [5, 5.41) is 3.21. The van der Waals surface area contributed by atoms with Crippen LogP contribution in [0.2, 0.25) is 0 Å². The molecule has 1 heterocycles. The van der Waals surface area contributed by atoms with Gasteiger partial charge in [0.25, 0.3) is 0 Å². The van der Waals surface area contributed by atoms with Crippen LogP contribution in [0.5, 0.6) is 0 Å². The molecule has 1 N–H and O–H groups in total. The second kappa shape index (κ2) is 6.03. The Morgan fingerprint density at radius 1 is 1.41 bits per heavy atom. The van der Waals surface area contributed by atoms with Crippen LogP contribution in [0.3, 0.4) is 0 Å².